The standard InChI is InChI=1S/C9H23NO2Si/c1-4-5-9(13(11)12)7-10-6-8(2)3/h8-13H,4-7H2,1-3H3. The van der Waals surface area contributed by atoms with E-state index in [2.05, 4.69) is 26.1 Å². The molecular weight excluding hydrogens is 182 g/mol. The topological polar surface area (TPSA) is 52.5 Å². The number of hydrogen-bond donors (Lipinski definition) is 3. The molecule has 0 spiro atoms. The molecule has 0 aromatic rings. The van der Waals surface area contributed by atoms with Crippen molar-refractivity contribution in [2.75, 3.05) is 13.1 Å². The average molecular weight is 205 g/mol. The van der Waals surface area contributed by atoms with Crippen LogP contribution in [0.1, 0.15) is 33.6 Å². The van der Waals surface area contributed by atoms with Gasteiger partial charge in [0, 0.05) is 5.54 Å². The SMILES string of the molecule is CCCC(CNCC(C)C)[SiH](O)O. The summed E-state index contributed by atoms with van der Waals surface area (Å²) in [5.74, 6) is 0.625. The Morgan fingerprint density at radius 1 is 1.23 bits per heavy atom. The normalized spacial score (nSPS) is 14.1. The zero-order chi connectivity index (χ0) is 10.3. The van der Waals surface area contributed by atoms with E-state index in [1.165, 1.54) is 0 Å². The van der Waals surface area contributed by atoms with Gasteiger partial charge < -0.3 is 14.9 Å². The lowest BCUT2D eigenvalue weighted by atomic mass is 10.2. The van der Waals surface area contributed by atoms with Gasteiger partial charge >= 0.3 is 9.28 Å². The van der Waals surface area contributed by atoms with Crippen LogP contribution in [0.3, 0.4) is 0 Å². The number of rotatable bonds is 7. The van der Waals surface area contributed by atoms with Crippen molar-refractivity contribution in [2.45, 2.75) is 39.2 Å². The zero-order valence-electron chi connectivity index (χ0n) is 8.95. The number of hydrogen-bond acceptors (Lipinski definition) is 3. The van der Waals surface area contributed by atoms with E-state index in [-0.39, 0.29) is 5.54 Å². The first kappa shape index (κ1) is 13.1. The van der Waals surface area contributed by atoms with Gasteiger partial charge in [-0.05, 0) is 25.4 Å². The Morgan fingerprint density at radius 2 is 1.85 bits per heavy atom. The van der Waals surface area contributed by atoms with E-state index >= 15 is 0 Å². The second kappa shape index (κ2) is 7.50. The van der Waals surface area contributed by atoms with Crippen LogP contribution in [0.2, 0.25) is 5.54 Å². The van der Waals surface area contributed by atoms with Crippen LogP contribution in [0.25, 0.3) is 0 Å². The van der Waals surface area contributed by atoms with Crippen molar-refractivity contribution in [3.63, 3.8) is 0 Å². The molecule has 4 heteroatoms. The van der Waals surface area contributed by atoms with Gasteiger partial charge in [0.05, 0.1) is 0 Å². The highest BCUT2D eigenvalue weighted by molar-refractivity contribution is 6.43. The first-order valence-electron chi connectivity index (χ1n) is 5.14. The summed E-state index contributed by atoms with van der Waals surface area (Å²) in [7, 11) is -2.43. The molecule has 0 aliphatic rings. The minimum atomic E-state index is -2.43. The van der Waals surface area contributed by atoms with Crippen LogP contribution < -0.4 is 5.32 Å². The van der Waals surface area contributed by atoms with Gasteiger partial charge in [0.2, 0.25) is 0 Å². The highest BCUT2D eigenvalue weighted by Gasteiger charge is 2.18. The summed E-state index contributed by atoms with van der Waals surface area (Å²) < 4.78 is 0. The van der Waals surface area contributed by atoms with E-state index in [9.17, 15) is 0 Å². The predicted molar refractivity (Wildman–Crippen MR) is 58.0 cm³/mol. The minimum absolute atomic E-state index is 0.115. The summed E-state index contributed by atoms with van der Waals surface area (Å²) in [6, 6.07) is 0. The smallest absolute Gasteiger partial charge is 0.320 e. The molecule has 1 unspecified atom stereocenters. The zero-order valence-corrected chi connectivity index (χ0v) is 10.1. The third-order valence-corrected chi connectivity index (χ3v) is 3.45. The molecule has 13 heavy (non-hydrogen) atoms. The molecule has 0 radical (unpaired) electrons. The third-order valence-electron chi connectivity index (χ3n) is 2.04. The van der Waals surface area contributed by atoms with Crippen molar-refractivity contribution in [1.29, 1.82) is 0 Å². The van der Waals surface area contributed by atoms with Crippen LogP contribution in [0.4, 0.5) is 0 Å². The predicted octanol–water partition coefficient (Wildman–Crippen LogP) is 0.607. The summed E-state index contributed by atoms with van der Waals surface area (Å²) in [4.78, 5) is 18.3. The molecule has 0 aromatic heterocycles. The highest BCUT2D eigenvalue weighted by atomic mass is 28.3. The fraction of sp³-hybridized carbons (Fsp3) is 1.00. The second-order valence-electron chi connectivity index (χ2n) is 4.01. The summed E-state index contributed by atoms with van der Waals surface area (Å²) in [6.45, 7) is 8.09. The van der Waals surface area contributed by atoms with E-state index < -0.39 is 9.28 Å². The van der Waals surface area contributed by atoms with E-state index in [1.54, 1.807) is 0 Å². The fourth-order valence-electron chi connectivity index (χ4n) is 1.28. The van der Waals surface area contributed by atoms with Crippen LogP contribution >= 0.6 is 0 Å². The van der Waals surface area contributed by atoms with Crippen LogP contribution in [-0.2, 0) is 0 Å². The van der Waals surface area contributed by atoms with Crippen molar-refractivity contribution in [1.82, 2.24) is 5.32 Å². The molecule has 0 amide bonds. The number of nitrogens with one attached hydrogen (secondary N) is 1. The minimum Gasteiger partial charge on any atom is -0.413 e. The summed E-state index contributed by atoms with van der Waals surface area (Å²) in [6.07, 6.45) is 1.95. The van der Waals surface area contributed by atoms with Crippen LogP contribution in [0, 0.1) is 5.92 Å². The summed E-state index contributed by atoms with van der Waals surface area (Å²) in [5.41, 5.74) is 0.115. The van der Waals surface area contributed by atoms with Crippen LogP contribution in [0.15, 0.2) is 0 Å². The average Bonchev–Trinajstić information content (AvgIpc) is 2.02. The largest absolute Gasteiger partial charge is 0.413 e. The van der Waals surface area contributed by atoms with Gasteiger partial charge in [-0.15, -0.1) is 0 Å². The Balaban J connectivity index is 3.57. The van der Waals surface area contributed by atoms with Crippen molar-refractivity contribution < 1.29 is 9.59 Å². The monoisotopic (exact) mass is 205 g/mol. The molecule has 0 heterocycles. The Kier molecular flexibility index (Phi) is 7.55. The summed E-state index contributed by atoms with van der Waals surface area (Å²) in [5, 5.41) is 3.27. The first-order valence-corrected chi connectivity index (χ1v) is 6.84. The molecular formula is C9H23NO2Si. The Hall–Kier alpha value is 0.0969. The molecule has 0 fully saturated rings. The molecule has 0 aliphatic heterocycles. The quantitative estimate of drug-likeness (QED) is 0.534. The molecule has 0 saturated heterocycles. The maximum Gasteiger partial charge on any atom is 0.320 e. The Bertz CT molecular complexity index is 120. The molecule has 3 N–H and O–H groups in total. The molecule has 0 aliphatic carbocycles. The van der Waals surface area contributed by atoms with E-state index in [0.717, 1.165) is 25.9 Å². The van der Waals surface area contributed by atoms with Gasteiger partial charge in [-0.25, -0.2) is 0 Å². The molecule has 0 bridgehead atoms. The van der Waals surface area contributed by atoms with Crippen molar-refractivity contribution in [3.05, 3.63) is 0 Å². The fourth-order valence-corrected chi connectivity index (χ4v) is 2.29. The van der Waals surface area contributed by atoms with Gasteiger partial charge in [0.1, 0.15) is 0 Å². The Labute approximate surface area is 83.0 Å². The lowest BCUT2D eigenvalue weighted by Gasteiger charge is -2.17. The summed E-state index contributed by atoms with van der Waals surface area (Å²) >= 11 is 0. The van der Waals surface area contributed by atoms with Gasteiger partial charge in [0.15, 0.2) is 0 Å². The van der Waals surface area contributed by atoms with Crippen molar-refractivity contribution >= 4 is 9.28 Å². The van der Waals surface area contributed by atoms with E-state index in [1.807, 2.05) is 0 Å². The van der Waals surface area contributed by atoms with Gasteiger partial charge in [0.25, 0.3) is 0 Å². The van der Waals surface area contributed by atoms with Gasteiger partial charge in [-0.2, -0.15) is 0 Å². The van der Waals surface area contributed by atoms with E-state index in [4.69, 9.17) is 9.59 Å². The van der Waals surface area contributed by atoms with Crippen molar-refractivity contribution in [3.8, 4) is 0 Å². The molecule has 0 saturated carbocycles. The molecule has 0 aromatic carbocycles. The maximum absolute atomic E-state index is 9.16. The first-order chi connectivity index (χ1) is 6.07. The van der Waals surface area contributed by atoms with Gasteiger partial charge in [-0.3, -0.25) is 0 Å². The maximum atomic E-state index is 9.16. The Morgan fingerprint density at radius 3 is 2.23 bits per heavy atom. The molecule has 3 nitrogen and oxygen atoms in total. The lowest BCUT2D eigenvalue weighted by Crippen LogP contribution is -2.32. The third kappa shape index (κ3) is 7.19. The lowest BCUT2D eigenvalue weighted by molar-refractivity contribution is 0.370. The van der Waals surface area contributed by atoms with Crippen LogP contribution in [0.5, 0.6) is 0 Å². The molecule has 1 atom stereocenters. The van der Waals surface area contributed by atoms with Gasteiger partial charge in [-0.1, -0.05) is 27.2 Å². The highest BCUT2D eigenvalue weighted by Crippen LogP contribution is 2.13. The van der Waals surface area contributed by atoms with E-state index in [0.29, 0.717) is 5.92 Å². The van der Waals surface area contributed by atoms with Crippen LogP contribution in [-0.4, -0.2) is 32.0 Å². The van der Waals surface area contributed by atoms with Crippen molar-refractivity contribution in [2.24, 2.45) is 5.92 Å². The molecule has 80 valence electrons. The molecule has 0 rings (SSSR count). The second-order valence-corrected chi connectivity index (χ2v) is 5.78.